The highest BCUT2D eigenvalue weighted by Gasteiger charge is 2.00. The van der Waals surface area contributed by atoms with Crippen LogP contribution in [-0.2, 0) is 6.54 Å². The Kier molecular flexibility index (Phi) is 3.27. The Bertz CT molecular complexity index is 426. The van der Waals surface area contributed by atoms with Crippen molar-refractivity contribution in [3.05, 3.63) is 39.6 Å². The fourth-order valence-corrected chi connectivity index (χ4v) is 2.03. The largest absolute Gasteiger partial charge is 0.379 e. The molecule has 0 fully saturated rings. The maximum absolute atomic E-state index is 13.0. The maximum atomic E-state index is 13.0. The van der Waals surface area contributed by atoms with E-state index in [0.29, 0.717) is 11.0 Å². The van der Waals surface area contributed by atoms with Gasteiger partial charge in [0.1, 0.15) is 5.82 Å². The highest BCUT2D eigenvalue weighted by molar-refractivity contribution is 9.10. The van der Waals surface area contributed by atoms with E-state index in [1.54, 1.807) is 0 Å². The molecule has 1 N–H and O–H groups in total. The number of hydrogen-bond donors (Lipinski definition) is 1. The van der Waals surface area contributed by atoms with Crippen LogP contribution in [0.2, 0.25) is 0 Å². The quantitative estimate of drug-likeness (QED) is 0.943. The molecule has 0 spiro atoms. The van der Waals surface area contributed by atoms with E-state index in [0.717, 1.165) is 11.4 Å². The van der Waals surface area contributed by atoms with Crippen molar-refractivity contribution < 1.29 is 4.39 Å². The van der Waals surface area contributed by atoms with E-state index in [4.69, 9.17) is 0 Å². The summed E-state index contributed by atoms with van der Waals surface area (Å²) >= 11 is 4.52. The smallest absolute Gasteiger partial charge is 0.126 e. The van der Waals surface area contributed by atoms with E-state index in [1.165, 1.54) is 23.7 Å². The molecule has 0 aliphatic rings. The van der Waals surface area contributed by atoms with Crippen LogP contribution in [0.15, 0.2) is 28.1 Å². The summed E-state index contributed by atoms with van der Waals surface area (Å²) in [4.78, 5) is 0. The van der Waals surface area contributed by atoms with Gasteiger partial charge in [0.15, 0.2) is 0 Å². The van der Waals surface area contributed by atoms with Gasteiger partial charge >= 0.3 is 0 Å². The molecule has 0 saturated carbocycles. The Hall–Kier alpha value is -1.01. The molecule has 1 aromatic heterocycles. The third-order valence-electron chi connectivity index (χ3n) is 1.74. The zero-order valence-electron chi connectivity index (χ0n) is 7.58. The molecule has 15 heavy (non-hydrogen) atoms. The van der Waals surface area contributed by atoms with Crippen molar-refractivity contribution in [2.45, 2.75) is 6.54 Å². The first-order chi connectivity index (χ1) is 7.24. The third kappa shape index (κ3) is 2.97. The Morgan fingerprint density at radius 2 is 2.27 bits per heavy atom. The molecule has 0 bridgehead atoms. The summed E-state index contributed by atoms with van der Waals surface area (Å²) in [6.45, 7) is 0.548. The summed E-state index contributed by atoms with van der Waals surface area (Å²) in [6.07, 6.45) is 0. The van der Waals surface area contributed by atoms with Crippen molar-refractivity contribution in [1.29, 1.82) is 0 Å². The van der Waals surface area contributed by atoms with Gasteiger partial charge in [-0.3, -0.25) is 0 Å². The zero-order chi connectivity index (χ0) is 10.7. The average Bonchev–Trinajstić information content (AvgIpc) is 2.65. The SMILES string of the molecule is Fc1cc(Br)cc(NCc2csnn2)c1. The second-order valence-electron chi connectivity index (χ2n) is 2.91. The number of nitrogens with one attached hydrogen (secondary N) is 1. The van der Waals surface area contributed by atoms with Crippen LogP contribution in [0.1, 0.15) is 5.69 Å². The molecule has 0 aliphatic heterocycles. The van der Waals surface area contributed by atoms with Crippen molar-refractivity contribution in [2.24, 2.45) is 0 Å². The van der Waals surface area contributed by atoms with Gasteiger partial charge in [-0.1, -0.05) is 20.4 Å². The predicted molar refractivity (Wildman–Crippen MR) is 61.3 cm³/mol. The molecule has 6 heteroatoms. The molecular weight excluding hydrogens is 281 g/mol. The van der Waals surface area contributed by atoms with Crippen LogP contribution < -0.4 is 5.32 Å². The van der Waals surface area contributed by atoms with Gasteiger partial charge in [-0.25, -0.2) is 4.39 Å². The molecule has 0 saturated heterocycles. The number of nitrogens with zero attached hydrogens (tertiary/aromatic N) is 2. The summed E-state index contributed by atoms with van der Waals surface area (Å²) in [5, 5.41) is 8.79. The minimum atomic E-state index is -0.275. The molecular formula is C9H7BrFN3S. The van der Waals surface area contributed by atoms with Crippen LogP contribution >= 0.6 is 27.5 Å². The lowest BCUT2D eigenvalue weighted by molar-refractivity contribution is 0.627. The van der Waals surface area contributed by atoms with Gasteiger partial charge in [0.25, 0.3) is 0 Å². The van der Waals surface area contributed by atoms with Crippen molar-refractivity contribution in [1.82, 2.24) is 9.59 Å². The van der Waals surface area contributed by atoms with E-state index in [9.17, 15) is 4.39 Å². The number of rotatable bonds is 3. The topological polar surface area (TPSA) is 37.8 Å². The summed E-state index contributed by atoms with van der Waals surface area (Å²) in [6, 6.07) is 4.66. The van der Waals surface area contributed by atoms with E-state index in [2.05, 4.69) is 30.8 Å². The normalized spacial score (nSPS) is 10.3. The standard InChI is InChI=1S/C9H7BrFN3S/c10-6-1-7(11)3-8(2-6)12-4-9-5-15-14-13-9/h1-3,5,12H,4H2. The summed E-state index contributed by atoms with van der Waals surface area (Å²) in [5.41, 5.74) is 1.57. The first-order valence-corrected chi connectivity index (χ1v) is 5.83. The van der Waals surface area contributed by atoms with E-state index >= 15 is 0 Å². The molecule has 2 aromatic rings. The lowest BCUT2D eigenvalue weighted by Gasteiger charge is -2.04. The molecule has 78 valence electrons. The zero-order valence-corrected chi connectivity index (χ0v) is 9.98. The van der Waals surface area contributed by atoms with Crippen LogP contribution in [0.5, 0.6) is 0 Å². The van der Waals surface area contributed by atoms with Gasteiger partial charge < -0.3 is 5.32 Å². The minimum absolute atomic E-state index is 0.275. The highest BCUT2D eigenvalue weighted by atomic mass is 79.9. The van der Waals surface area contributed by atoms with E-state index in [-0.39, 0.29) is 5.82 Å². The fraction of sp³-hybridized carbons (Fsp3) is 0.111. The minimum Gasteiger partial charge on any atom is -0.379 e. The van der Waals surface area contributed by atoms with Gasteiger partial charge in [-0.2, -0.15) is 0 Å². The van der Waals surface area contributed by atoms with Gasteiger partial charge in [0.2, 0.25) is 0 Å². The average molecular weight is 288 g/mol. The second kappa shape index (κ2) is 4.67. The molecule has 0 amide bonds. The molecule has 2 rings (SSSR count). The van der Waals surface area contributed by atoms with Crippen molar-refractivity contribution in [3.8, 4) is 0 Å². The fourth-order valence-electron chi connectivity index (χ4n) is 1.11. The van der Waals surface area contributed by atoms with Crippen LogP contribution in [0, 0.1) is 5.82 Å². The van der Waals surface area contributed by atoms with Crippen molar-refractivity contribution in [2.75, 3.05) is 5.32 Å². The molecule has 0 aliphatic carbocycles. The van der Waals surface area contributed by atoms with E-state index < -0.39 is 0 Å². The number of benzene rings is 1. The summed E-state index contributed by atoms with van der Waals surface area (Å²) < 4.78 is 17.4. The lowest BCUT2D eigenvalue weighted by Crippen LogP contribution is -2.00. The Morgan fingerprint density at radius 3 is 2.93 bits per heavy atom. The molecule has 0 unspecified atom stereocenters. The molecule has 3 nitrogen and oxygen atoms in total. The molecule has 1 heterocycles. The number of hydrogen-bond acceptors (Lipinski definition) is 4. The third-order valence-corrected chi connectivity index (χ3v) is 2.75. The van der Waals surface area contributed by atoms with Crippen molar-refractivity contribution in [3.63, 3.8) is 0 Å². The maximum Gasteiger partial charge on any atom is 0.126 e. The first-order valence-electron chi connectivity index (χ1n) is 4.20. The van der Waals surface area contributed by atoms with Crippen LogP contribution in [0.25, 0.3) is 0 Å². The Balaban J connectivity index is 2.05. The highest BCUT2D eigenvalue weighted by Crippen LogP contribution is 2.19. The molecule has 0 atom stereocenters. The second-order valence-corrected chi connectivity index (χ2v) is 4.43. The van der Waals surface area contributed by atoms with Gasteiger partial charge in [-0.05, 0) is 29.7 Å². The first kappa shape index (κ1) is 10.5. The number of anilines is 1. The Morgan fingerprint density at radius 1 is 1.40 bits per heavy atom. The van der Waals surface area contributed by atoms with Gasteiger partial charge in [0.05, 0.1) is 12.2 Å². The van der Waals surface area contributed by atoms with Crippen LogP contribution in [0.4, 0.5) is 10.1 Å². The molecule has 1 aromatic carbocycles. The van der Waals surface area contributed by atoms with Gasteiger partial charge in [0, 0.05) is 15.5 Å². The van der Waals surface area contributed by atoms with Crippen LogP contribution in [-0.4, -0.2) is 9.59 Å². The van der Waals surface area contributed by atoms with Crippen LogP contribution in [0.3, 0.4) is 0 Å². The van der Waals surface area contributed by atoms with Crippen molar-refractivity contribution >= 4 is 33.1 Å². The monoisotopic (exact) mass is 287 g/mol. The lowest BCUT2D eigenvalue weighted by atomic mass is 10.3. The number of halogens is 2. The summed E-state index contributed by atoms with van der Waals surface area (Å²) in [7, 11) is 0. The predicted octanol–water partition coefficient (Wildman–Crippen LogP) is 3.05. The Labute approximate surface area is 98.6 Å². The molecule has 0 radical (unpaired) electrons. The number of aromatic nitrogens is 2. The van der Waals surface area contributed by atoms with E-state index in [1.807, 2.05) is 11.4 Å². The van der Waals surface area contributed by atoms with Gasteiger partial charge in [-0.15, -0.1) is 5.10 Å². The summed E-state index contributed by atoms with van der Waals surface area (Å²) in [5.74, 6) is -0.275.